The van der Waals surface area contributed by atoms with Crippen LogP contribution < -0.4 is 0 Å². The van der Waals surface area contributed by atoms with Gasteiger partial charge in [0.15, 0.2) is 0 Å². The molecule has 1 aliphatic carbocycles. The molecule has 0 heterocycles. The van der Waals surface area contributed by atoms with Crippen LogP contribution in [-0.4, -0.2) is 16.8 Å². The topological polar surface area (TPSA) is 40.5 Å². The van der Waals surface area contributed by atoms with Gasteiger partial charge in [0.25, 0.3) is 0 Å². The molecule has 0 spiro atoms. The molecule has 0 bridgehead atoms. The van der Waals surface area contributed by atoms with Crippen molar-refractivity contribution in [3.05, 3.63) is 27.2 Å². The van der Waals surface area contributed by atoms with Crippen molar-refractivity contribution < 1.29 is 10.2 Å². The van der Waals surface area contributed by atoms with E-state index in [1.165, 1.54) is 30.4 Å². The number of halogens is 1. The maximum absolute atomic E-state index is 10.2. The van der Waals surface area contributed by atoms with Crippen LogP contribution in [0.25, 0.3) is 0 Å². The quantitative estimate of drug-likeness (QED) is 0.820. The third-order valence-electron chi connectivity index (χ3n) is 3.64. The van der Waals surface area contributed by atoms with Crippen molar-refractivity contribution in [1.82, 2.24) is 0 Å². The Bertz CT molecular complexity index is 415. The van der Waals surface area contributed by atoms with Gasteiger partial charge in [-0.2, -0.15) is 0 Å². The van der Waals surface area contributed by atoms with Crippen LogP contribution in [0.3, 0.4) is 0 Å². The van der Waals surface area contributed by atoms with Crippen molar-refractivity contribution in [3.8, 4) is 5.75 Å². The van der Waals surface area contributed by atoms with Gasteiger partial charge in [-0.3, -0.25) is 0 Å². The Hall–Kier alpha value is -0.540. The standard InChI is InChI=1S/C14H19BrO2/c1-9(8-16)12-7-10-5-3-2-4-6-11(10)13(15)14(12)17/h7,9,16-17H,2-6,8H2,1H3. The zero-order valence-corrected chi connectivity index (χ0v) is 11.8. The summed E-state index contributed by atoms with van der Waals surface area (Å²) in [5, 5.41) is 19.4. The van der Waals surface area contributed by atoms with Gasteiger partial charge in [0.2, 0.25) is 0 Å². The van der Waals surface area contributed by atoms with Crippen LogP contribution in [0.2, 0.25) is 0 Å². The van der Waals surface area contributed by atoms with E-state index in [0.29, 0.717) is 5.75 Å². The number of fused-ring (bicyclic) bond motifs is 1. The van der Waals surface area contributed by atoms with Crippen molar-refractivity contribution in [3.63, 3.8) is 0 Å². The number of phenolic OH excluding ortho intramolecular Hbond substituents is 1. The minimum Gasteiger partial charge on any atom is -0.506 e. The monoisotopic (exact) mass is 298 g/mol. The maximum Gasteiger partial charge on any atom is 0.133 e. The highest BCUT2D eigenvalue weighted by Crippen LogP contribution is 2.39. The molecule has 1 unspecified atom stereocenters. The first kappa shape index (κ1) is 12.9. The number of benzene rings is 1. The minimum atomic E-state index is -0.0140. The van der Waals surface area contributed by atoms with E-state index >= 15 is 0 Å². The molecule has 2 N–H and O–H groups in total. The Morgan fingerprint density at radius 2 is 2.00 bits per heavy atom. The summed E-state index contributed by atoms with van der Waals surface area (Å²) in [7, 11) is 0. The Balaban J connectivity index is 2.51. The van der Waals surface area contributed by atoms with E-state index in [1.807, 2.05) is 6.92 Å². The summed E-state index contributed by atoms with van der Waals surface area (Å²) in [5.74, 6) is 0.298. The Morgan fingerprint density at radius 1 is 1.29 bits per heavy atom. The zero-order valence-electron chi connectivity index (χ0n) is 10.2. The molecule has 17 heavy (non-hydrogen) atoms. The summed E-state index contributed by atoms with van der Waals surface area (Å²) in [6, 6.07) is 2.08. The molecule has 2 nitrogen and oxygen atoms in total. The zero-order chi connectivity index (χ0) is 12.4. The molecule has 3 heteroatoms. The molecule has 0 saturated heterocycles. The second-order valence-corrected chi connectivity index (χ2v) is 5.70. The van der Waals surface area contributed by atoms with Crippen molar-refractivity contribution in [2.45, 2.75) is 44.9 Å². The lowest BCUT2D eigenvalue weighted by Gasteiger charge is -2.17. The molecule has 2 rings (SSSR count). The van der Waals surface area contributed by atoms with E-state index in [0.717, 1.165) is 22.9 Å². The summed E-state index contributed by atoms with van der Waals surface area (Å²) in [6.45, 7) is 2.00. The molecular formula is C14H19BrO2. The first-order chi connectivity index (χ1) is 8.15. The average molecular weight is 299 g/mol. The lowest BCUT2D eigenvalue weighted by Crippen LogP contribution is -2.03. The third kappa shape index (κ3) is 2.50. The fourth-order valence-electron chi connectivity index (χ4n) is 2.52. The molecule has 0 amide bonds. The summed E-state index contributed by atoms with van der Waals surface area (Å²) in [5.41, 5.74) is 3.45. The van der Waals surface area contributed by atoms with Gasteiger partial charge in [-0.15, -0.1) is 0 Å². The largest absolute Gasteiger partial charge is 0.506 e. The van der Waals surface area contributed by atoms with Crippen LogP contribution in [0.5, 0.6) is 5.75 Å². The first-order valence-electron chi connectivity index (χ1n) is 6.29. The van der Waals surface area contributed by atoms with Gasteiger partial charge in [-0.25, -0.2) is 0 Å². The molecule has 1 aliphatic rings. The number of aryl methyl sites for hydroxylation is 1. The summed E-state index contributed by atoms with van der Waals surface area (Å²) < 4.78 is 0.840. The predicted octanol–water partition coefficient (Wildman–Crippen LogP) is 3.52. The fraction of sp³-hybridized carbons (Fsp3) is 0.571. The van der Waals surface area contributed by atoms with Crippen LogP contribution in [-0.2, 0) is 12.8 Å². The van der Waals surface area contributed by atoms with E-state index in [-0.39, 0.29) is 12.5 Å². The Morgan fingerprint density at radius 3 is 2.71 bits per heavy atom. The second-order valence-electron chi connectivity index (χ2n) is 4.91. The lowest BCUT2D eigenvalue weighted by atomic mass is 9.93. The number of aliphatic hydroxyl groups is 1. The average Bonchev–Trinajstić information content (AvgIpc) is 2.58. The summed E-state index contributed by atoms with van der Waals surface area (Å²) >= 11 is 3.52. The van der Waals surface area contributed by atoms with E-state index in [4.69, 9.17) is 0 Å². The molecule has 94 valence electrons. The number of phenols is 1. The molecule has 1 atom stereocenters. The molecule has 0 radical (unpaired) electrons. The number of hydrogen-bond donors (Lipinski definition) is 2. The number of aromatic hydroxyl groups is 1. The predicted molar refractivity (Wildman–Crippen MR) is 72.6 cm³/mol. The van der Waals surface area contributed by atoms with Crippen LogP contribution >= 0.6 is 15.9 Å². The van der Waals surface area contributed by atoms with Gasteiger partial charge in [-0.05, 0) is 52.7 Å². The second kappa shape index (κ2) is 5.40. The van der Waals surface area contributed by atoms with Crippen LogP contribution in [0.4, 0.5) is 0 Å². The van der Waals surface area contributed by atoms with Gasteiger partial charge in [-0.1, -0.05) is 19.4 Å². The molecule has 0 fully saturated rings. The third-order valence-corrected chi connectivity index (χ3v) is 4.50. The first-order valence-corrected chi connectivity index (χ1v) is 7.08. The molecule has 0 aromatic heterocycles. The molecule has 1 aromatic carbocycles. The van der Waals surface area contributed by atoms with E-state index in [2.05, 4.69) is 22.0 Å². The highest BCUT2D eigenvalue weighted by atomic mass is 79.9. The van der Waals surface area contributed by atoms with Gasteiger partial charge in [0.05, 0.1) is 4.47 Å². The molecule has 0 saturated carbocycles. The minimum absolute atomic E-state index is 0.0140. The number of rotatable bonds is 2. The highest BCUT2D eigenvalue weighted by Gasteiger charge is 2.20. The van der Waals surface area contributed by atoms with Crippen LogP contribution in [0.1, 0.15) is 48.8 Å². The maximum atomic E-state index is 10.2. The lowest BCUT2D eigenvalue weighted by molar-refractivity contribution is 0.270. The number of aliphatic hydroxyl groups excluding tert-OH is 1. The van der Waals surface area contributed by atoms with Gasteiger partial charge in [0, 0.05) is 18.1 Å². The van der Waals surface area contributed by atoms with E-state index in [9.17, 15) is 10.2 Å². The van der Waals surface area contributed by atoms with Crippen LogP contribution in [0, 0.1) is 0 Å². The smallest absolute Gasteiger partial charge is 0.133 e. The Labute approximate surface area is 111 Å². The van der Waals surface area contributed by atoms with E-state index < -0.39 is 0 Å². The summed E-state index contributed by atoms with van der Waals surface area (Å²) in [4.78, 5) is 0. The van der Waals surface area contributed by atoms with Crippen molar-refractivity contribution in [2.24, 2.45) is 0 Å². The van der Waals surface area contributed by atoms with Crippen molar-refractivity contribution >= 4 is 15.9 Å². The Kier molecular flexibility index (Phi) is 4.10. The van der Waals surface area contributed by atoms with Crippen LogP contribution in [0.15, 0.2) is 10.5 Å². The van der Waals surface area contributed by atoms with Gasteiger partial charge >= 0.3 is 0 Å². The van der Waals surface area contributed by atoms with E-state index in [1.54, 1.807) is 0 Å². The molecule has 0 aliphatic heterocycles. The summed E-state index contributed by atoms with van der Waals surface area (Å²) in [6.07, 6.45) is 5.79. The fourth-order valence-corrected chi connectivity index (χ4v) is 3.20. The molecule has 1 aromatic rings. The van der Waals surface area contributed by atoms with Gasteiger partial charge < -0.3 is 10.2 Å². The molecular weight excluding hydrogens is 280 g/mol. The SMILES string of the molecule is CC(CO)c1cc2c(c(Br)c1O)CCCCC2. The van der Waals surface area contributed by atoms with Crippen molar-refractivity contribution in [2.75, 3.05) is 6.61 Å². The number of hydrogen-bond acceptors (Lipinski definition) is 2. The van der Waals surface area contributed by atoms with Gasteiger partial charge in [0.1, 0.15) is 5.75 Å². The van der Waals surface area contributed by atoms with Crippen molar-refractivity contribution in [1.29, 1.82) is 0 Å². The highest BCUT2D eigenvalue weighted by molar-refractivity contribution is 9.10. The normalized spacial score (nSPS) is 17.4.